The van der Waals surface area contributed by atoms with Crippen molar-refractivity contribution in [3.05, 3.63) is 140 Å². The van der Waals surface area contributed by atoms with Crippen LogP contribution in [0.1, 0.15) is 0 Å². The molecule has 3 heterocycles. The summed E-state index contributed by atoms with van der Waals surface area (Å²) in [6.45, 7) is 0. The molecule has 8 aromatic rings. The summed E-state index contributed by atoms with van der Waals surface area (Å²) in [5.74, 6) is 0.693. The Labute approximate surface area is 230 Å². The highest BCUT2D eigenvalue weighted by atomic mass is 16.3. The number of hydrogen-bond acceptors (Lipinski definition) is 3. The Bertz CT molecular complexity index is 2080. The van der Waals surface area contributed by atoms with Gasteiger partial charge in [0.1, 0.15) is 5.58 Å². The smallest absolute Gasteiger partial charge is 0.213 e. The third kappa shape index (κ3) is 3.62. The van der Waals surface area contributed by atoms with Gasteiger partial charge in [-0.2, -0.15) is 0 Å². The Morgan fingerprint density at radius 3 is 1.75 bits per heavy atom. The number of nitrogens with zero attached hydrogens (tertiary/aromatic N) is 3. The van der Waals surface area contributed by atoms with Crippen LogP contribution in [0.3, 0.4) is 0 Å². The first-order valence-corrected chi connectivity index (χ1v) is 13.3. The van der Waals surface area contributed by atoms with Crippen LogP contribution >= 0.6 is 0 Å². The van der Waals surface area contributed by atoms with Gasteiger partial charge in [-0.05, 0) is 42.5 Å². The summed E-state index contributed by atoms with van der Waals surface area (Å²) in [6.07, 6.45) is 0. The molecule has 5 aromatic carbocycles. The Morgan fingerprint density at radius 1 is 0.500 bits per heavy atom. The van der Waals surface area contributed by atoms with Gasteiger partial charge in [0, 0.05) is 33.2 Å². The van der Waals surface area contributed by atoms with Crippen LogP contribution in [0, 0.1) is 0 Å². The fourth-order valence-corrected chi connectivity index (χ4v) is 5.55. The van der Waals surface area contributed by atoms with Crippen LogP contribution in [0.2, 0.25) is 0 Å². The lowest BCUT2D eigenvalue weighted by Crippen LogP contribution is -1.97. The molecular formula is C36H23N3O. The molecule has 188 valence electrons. The molecule has 0 N–H and O–H groups in total. The SMILES string of the molecule is c1ccc(-c2cc(-c3ccccc3)nc(-c3ccc(-n4c5ccccc5c5c6ccccc6oc54)cc3)n2)cc1. The number of hydrogen-bond donors (Lipinski definition) is 0. The van der Waals surface area contributed by atoms with Crippen LogP contribution in [0.5, 0.6) is 0 Å². The van der Waals surface area contributed by atoms with E-state index in [4.69, 9.17) is 14.4 Å². The molecule has 0 saturated carbocycles. The number of rotatable bonds is 4. The number of fused-ring (bicyclic) bond motifs is 5. The maximum atomic E-state index is 6.41. The van der Waals surface area contributed by atoms with Crippen molar-refractivity contribution in [2.24, 2.45) is 0 Å². The van der Waals surface area contributed by atoms with Crippen LogP contribution in [0.4, 0.5) is 0 Å². The molecule has 0 fully saturated rings. The first-order chi connectivity index (χ1) is 19.8. The summed E-state index contributed by atoms with van der Waals surface area (Å²) in [4.78, 5) is 9.97. The Balaban J connectivity index is 1.28. The van der Waals surface area contributed by atoms with Gasteiger partial charge in [0.25, 0.3) is 0 Å². The van der Waals surface area contributed by atoms with Gasteiger partial charge in [-0.3, -0.25) is 4.57 Å². The van der Waals surface area contributed by atoms with Crippen molar-refractivity contribution in [3.63, 3.8) is 0 Å². The van der Waals surface area contributed by atoms with Gasteiger partial charge in [0.05, 0.1) is 22.3 Å². The van der Waals surface area contributed by atoms with E-state index in [2.05, 4.69) is 95.6 Å². The van der Waals surface area contributed by atoms with E-state index >= 15 is 0 Å². The zero-order valence-electron chi connectivity index (χ0n) is 21.5. The van der Waals surface area contributed by atoms with Crippen molar-refractivity contribution < 1.29 is 4.42 Å². The van der Waals surface area contributed by atoms with Crippen molar-refractivity contribution in [1.82, 2.24) is 14.5 Å². The average molecular weight is 514 g/mol. The molecule has 3 aromatic heterocycles. The van der Waals surface area contributed by atoms with Crippen LogP contribution in [-0.2, 0) is 0 Å². The van der Waals surface area contributed by atoms with Gasteiger partial charge in [0.15, 0.2) is 5.82 Å². The standard InChI is InChI=1S/C36H23N3O/c1-3-11-24(12-4-1)30-23-31(25-13-5-2-6-14-25)38-35(37-30)26-19-21-27(22-20-26)39-32-17-9-7-15-28(32)34-29-16-8-10-18-33(29)40-36(34)39/h1-23H. The van der Waals surface area contributed by atoms with E-state index in [9.17, 15) is 0 Å². The van der Waals surface area contributed by atoms with Gasteiger partial charge < -0.3 is 4.42 Å². The van der Waals surface area contributed by atoms with Crippen LogP contribution in [0.25, 0.3) is 72.6 Å². The summed E-state index contributed by atoms with van der Waals surface area (Å²) in [5.41, 5.74) is 8.75. The van der Waals surface area contributed by atoms with Crippen molar-refractivity contribution in [2.45, 2.75) is 0 Å². The maximum Gasteiger partial charge on any atom is 0.213 e. The minimum Gasteiger partial charge on any atom is -0.439 e. The molecule has 0 radical (unpaired) electrons. The lowest BCUT2D eigenvalue weighted by molar-refractivity contribution is 0.645. The minimum atomic E-state index is 0.693. The molecule has 0 saturated heterocycles. The zero-order valence-corrected chi connectivity index (χ0v) is 21.5. The van der Waals surface area contributed by atoms with Crippen molar-refractivity contribution >= 4 is 33.0 Å². The zero-order chi connectivity index (χ0) is 26.5. The average Bonchev–Trinajstić information content (AvgIpc) is 3.56. The summed E-state index contributed by atoms with van der Waals surface area (Å²) < 4.78 is 8.61. The molecule has 0 unspecified atom stereocenters. The molecule has 0 aliphatic rings. The van der Waals surface area contributed by atoms with E-state index < -0.39 is 0 Å². The van der Waals surface area contributed by atoms with E-state index in [1.807, 2.05) is 48.5 Å². The van der Waals surface area contributed by atoms with Gasteiger partial charge in [-0.15, -0.1) is 0 Å². The lowest BCUT2D eigenvalue weighted by Gasteiger charge is -2.11. The molecule has 40 heavy (non-hydrogen) atoms. The Hall–Kier alpha value is -5.48. The van der Waals surface area contributed by atoms with Crippen LogP contribution < -0.4 is 0 Å². The van der Waals surface area contributed by atoms with Crippen LogP contribution in [-0.4, -0.2) is 14.5 Å². The number of benzene rings is 5. The molecule has 4 heteroatoms. The van der Waals surface area contributed by atoms with E-state index in [0.717, 1.165) is 61.4 Å². The van der Waals surface area contributed by atoms with E-state index in [0.29, 0.717) is 5.82 Å². The second-order valence-electron chi connectivity index (χ2n) is 9.87. The minimum absolute atomic E-state index is 0.693. The third-order valence-electron chi connectivity index (χ3n) is 7.44. The lowest BCUT2D eigenvalue weighted by atomic mass is 10.1. The highest BCUT2D eigenvalue weighted by Gasteiger charge is 2.19. The maximum absolute atomic E-state index is 6.41. The predicted octanol–water partition coefficient (Wildman–Crippen LogP) is 9.32. The van der Waals surface area contributed by atoms with Gasteiger partial charge in [0.2, 0.25) is 5.71 Å². The molecule has 8 rings (SSSR count). The fraction of sp³-hybridized carbons (Fsp3) is 0. The van der Waals surface area contributed by atoms with Gasteiger partial charge in [-0.25, -0.2) is 9.97 Å². The third-order valence-corrected chi connectivity index (χ3v) is 7.44. The number of para-hydroxylation sites is 2. The van der Waals surface area contributed by atoms with Gasteiger partial charge in [-0.1, -0.05) is 97.1 Å². The quantitative estimate of drug-likeness (QED) is 0.235. The number of aromatic nitrogens is 3. The van der Waals surface area contributed by atoms with Crippen molar-refractivity contribution in [3.8, 4) is 39.6 Å². The van der Waals surface area contributed by atoms with Crippen LogP contribution in [0.15, 0.2) is 144 Å². The monoisotopic (exact) mass is 513 g/mol. The molecule has 0 aliphatic carbocycles. The molecule has 0 spiro atoms. The van der Waals surface area contributed by atoms with Crippen molar-refractivity contribution in [1.29, 1.82) is 0 Å². The molecular weight excluding hydrogens is 490 g/mol. The second-order valence-corrected chi connectivity index (χ2v) is 9.87. The van der Waals surface area contributed by atoms with E-state index in [1.165, 1.54) is 5.39 Å². The van der Waals surface area contributed by atoms with Gasteiger partial charge >= 0.3 is 0 Å². The topological polar surface area (TPSA) is 43.9 Å². The summed E-state index contributed by atoms with van der Waals surface area (Å²) in [7, 11) is 0. The second kappa shape index (κ2) is 9.07. The molecule has 0 amide bonds. The molecule has 0 bridgehead atoms. The highest BCUT2D eigenvalue weighted by Crippen LogP contribution is 2.39. The fourth-order valence-electron chi connectivity index (χ4n) is 5.55. The summed E-state index contributed by atoms with van der Waals surface area (Å²) in [5, 5.41) is 3.45. The molecule has 0 atom stereocenters. The van der Waals surface area contributed by atoms with E-state index in [1.54, 1.807) is 0 Å². The predicted molar refractivity (Wildman–Crippen MR) is 162 cm³/mol. The Morgan fingerprint density at radius 2 is 1.07 bits per heavy atom. The number of furan rings is 1. The van der Waals surface area contributed by atoms with E-state index in [-0.39, 0.29) is 0 Å². The largest absolute Gasteiger partial charge is 0.439 e. The normalized spacial score (nSPS) is 11.5. The Kier molecular flexibility index (Phi) is 5.10. The first kappa shape index (κ1) is 22.5. The molecule has 0 aliphatic heterocycles. The highest BCUT2D eigenvalue weighted by molar-refractivity contribution is 6.19. The molecule has 4 nitrogen and oxygen atoms in total. The summed E-state index contributed by atoms with van der Waals surface area (Å²) >= 11 is 0. The van der Waals surface area contributed by atoms with Crippen molar-refractivity contribution in [2.75, 3.05) is 0 Å². The first-order valence-electron chi connectivity index (χ1n) is 13.3. The summed E-state index contributed by atoms with van der Waals surface area (Å²) in [6, 6.07) is 47.7.